The van der Waals surface area contributed by atoms with E-state index in [1.807, 2.05) is 29.7 Å². The first-order valence-electron chi connectivity index (χ1n) is 5.43. The first-order chi connectivity index (χ1) is 9.10. The monoisotopic (exact) mass is 322 g/mol. The molecule has 0 saturated carbocycles. The van der Waals surface area contributed by atoms with Crippen molar-refractivity contribution in [3.63, 3.8) is 0 Å². The van der Waals surface area contributed by atoms with Crippen LogP contribution in [0.1, 0.15) is 0 Å². The summed E-state index contributed by atoms with van der Waals surface area (Å²) in [5.41, 5.74) is 3.07. The molecule has 3 N–H and O–H groups in total. The number of aromatic nitrogens is 2. The van der Waals surface area contributed by atoms with Crippen LogP contribution in [-0.2, 0) is 11.3 Å². The summed E-state index contributed by atoms with van der Waals surface area (Å²) in [4.78, 5) is 22.8. The molecule has 1 amide bonds. The van der Waals surface area contributed by atoms with Crippen LogP contribution in [-0.4, -0.2) is 15.7 Å². The molecule has 2 rings (SSSR count). The topological polar surface area (TPSA) is 90.0 Å². The molecule has 2 aromatic rings. The number of nitrogens with zero attached hydrogens (tertiary/aromatic N) is 2. The van der Waals surface area contributed by atoms with E-state index in [0.717, 1.165) is 14.7 Å². The van der Waals surface area contributed by atoms with Gasteiger partial charge in [0, 0.05) is 16.1 Å². The minimum atomic E-state index is -0.484. The average Bonchev–Trinajstić information content (AvgIpc) is 2.42. The average molecular weight is 323 g/mol. The lowest BCUT2D eigenvalue weighted by atomic mass is 10.1. The second kappa shape index (κ2) is 5.77. The Morgan fingerprint density at radius 1 is 1.26 bits per heavy atom. The highest BCUT2D eigenvalue weighted by molar-refractivity contribution is 9.10. The van der Waals surface area contributed by atoms with E-state index in [-0.39, 0.29) is 12.1 Å². The van der Waals surface area contributed by atoms with E-state index >= 15 is 0 Å². The first-order valence-corrected chi connectivity index (χ1v) is 6.23. The predicted octanol–water partition coefficient (Wildman–Crippen LogP) is 0.663. The van der Waals surface area contributed by atoms with Gasteiger partial charge in [0.2, 0.25) is 0 Å². The van der Waals surface area contributed by atoms with Crippen molar-refractivity contribution in [2.45, 2.75) is 6.54 Å². The van der Waals surface area contributed by atoms with Gasteiger partial charge >= 0.3 is 0 Å². The van der Waals surface area contributed by atoms with Crippen molar-refractivity contribution in [2.24, 2.45) is 5.84 Å². The smallest absolute Gasteiger partial charge is 0.267 e. The van der Waals surface area contributed by atoms with Crippen LogP contribution >= 0.6 is 15.9 Å². The summed E-state index contributed by atoms with van der Waals surface area (Å²) < 4.78 is 2.02. The number of hydrogen-bond donors (Lipinski definition) is 2. The molecular weight excluding hydrogens is 312 g/mol. The molecule has 0 radical (unpaired) electrons. The third-order valence-electron chi connectivity index (χ3n) is 2.46. The Morgan fingerprint density at radius 2 is 1.95 bits per heavy atom. The molecule has 1 aromatic heterocycles. The summed E-state index contributed by atoms with van der Waals surface area (Å²) in [5, 5.41) is 4.13. The van der Waals surface area contributed by atoms with Crippen LogP contribution < -0.4 is 16.8 Å². The number of halogens is 1. The van der Waals surface area contributed by atoms with Crippen LogP contribution in [0.4, 0.5) is 0 Å². The summed E-state index contributed by atoms with van der Waals surface area (Å²) in [6.45, 7) is -0.209. The van der Waals surface area contributed by atoms with E-state index in [2.05, 4.69) is 21.0 Å². The minimum absolute atomic E-state index is 0.209. The molecule has 0 aliphatic carbocycles. The highest BCUT2D eigenvalue weighted by atomic mass is 79.9. The van der Waals surface area contributed by atoms with Crippen molar-refractivity contribution in [2.75, 3.05) is 0 Å². The normalized spacial score (nSPS) is 10.2. The van der Waals surface area contributed by atoms with E-state index in [4.69, 9.17) is 5.84 Å². The number of rotatable bonds is 3. The molecule has 0 aliphatic rings. The molecular formula is C12H11BrN4O2. The Balaban J connectivity index is 2.38. The van der Waals surface area contributed by atoms with Crippen molar-refractivity contribution in [3.05, 3.63) is 51.2 Å². The molecule has 19 heavy (non-hydrogen) atoms. The standard InChI is InChI=1S/C12H11BrN4O2/c13-9-3-1-8(2-4-9)10-5-6-12(19)17(16-10)7-11(18)15-14/h1-6H,7,14H2,(H,15,18). The van der Waals surface area contributed by atoms with Gasteiger partial charge in [-0.25, -0.2) is 10.5 Å². The second-order valence-electron chi connectivity index (χ2n) is 3.79. The van der Waals surface area contributed by atoms with Gasteiger partial charge in [0.05, 0.1) is 5.69 Å². The summed E-state index contributed by atoms with van der Waals surface area (Å²) in [5.74, 6) is 4.50. The van der Waals surface area contributed by atoms with Gasteiger partial charge in [0.25, 0.3) is 11.5 Å². The summed E-state index contributed by atoms with van der Waals surface area (Å²) in [6, 6.07) is 10.5. The van der Waals surface area contributed by atoms with Gasteiger partial charge in [0.15, 0.2) is 0 Å². The molecule has 0 atom stereocenters. The van der Waals surface area contributed by atoms with Gasteiger partial charge in [0.1, 0.15) is 6.54 Å². The lowest BCUT2D eigenvalue weighted by Gasteiger charge is -2.06. The Morgan fingerprint density at radius 3 is 2.58 bits per heavy atom. The second-order valence-corrected chi connectivity index (χ2v) is 4.70. The van der Waals surface area contributed by atoms with Crippen molar-refractivity contribution >= 4 is 21.8 Å². The van der Waals surface area contributed by atoms with E-state index in [1.54, 1.807) is 6.07 Å². The minimum Gasteiger partial charge on any atom is -0.293 e. The largest absolute Gasteiger partial charge is 0.293 e. The maximum absolute atomic E-state index is 11.6. The number of nitrogens with one attached hydrogen (secondary N) is 1. The van der Waals surface area contributed by atoms with Gasteiger partial charge in [-0.1, -0.05) is 28.1 Å². The van der Waals surface area contributed by atoms with Crippen molar-refractivity contribution in [1.82, 2.24) is 15.2 Å². The quantitative estimate of drug-likeness (QED) is 0.493. The fourth-order valence-electron chi connectivity index (χ4n) is 1.52. The van der Waals surface area contributed by atoms with E-state index in [1.165, 1.54) is 6.07 Å². The molecule has 0 bridgehead atoms. The van der Waals surface area contributed by atoms with Crippen LogP contribution in [0.5, 0.6) is 0 Å². The van der Waals surface area contributed by atoms with Crippen LogP contribution in [0.3, 0.4) is 0 Å². The molecule has 0 fully saturated rings. The van der Waals surface area contributed by atoms with E-state index in [0.29, 0.717) is 5.69 Å². The van der Waals surface area contributed by atoms with E-state index in [9.17, 15) is 9.59 Å². The number of nitrogens with two attached hydrogens (primary N) is 1. The Labute approximate surface area is 117 Å². The summed E-state index contributed by atoms with van der Waals surface area (Å²) in [6.07, 6.45) is 0. The van der Waals surface area contributed by atoms with Crippen molar-refractivity contribution in [1.29, 1.82) is 0 Å². The molecule has 7 heteroatoms. The summed E-state index contributed by atoms with van der Waals surface area (Å²) >= 11 is 3.34. The van der Waals surface area contributed by atoms with Gasteiger partial charge in [-0.05, 0) is 18.2 Å². The lowest BCUT2D eigenvalue weighted by molar-refractivity contribution is -0.121. The third kappa shape index (κ3) is 3.27. The molecule has 0 aliphatic heterocycles. The molecule has 6 nitrogen and oxygen atoms in total. The summed E-state index contributed by atoms with van der Waals surface area (Å²) in [7, 11) is 0. The van der Waals surface area contributed by atoms with Gasteiger partial charge in [-0.15, -0.1) is 0 Å². The van der Waals surface area contributed by atoms with Crippen LogP contribution in [0.25, 0.3) is 11.3 Å². The Kier molecular flexibility index (Phi) is 4.08. The zero-order chi connectivity index (χ0) is 13.8. The number of hydrogen-bond acceptors (Lipinski definition) is 4. The van der Waals surface area contributed by atoms with Crippen LogP contribution in [0, 0.1) is 0 Å². The fourth-order valence-corrected chi connectivity index (χ4v) is 1.78. The molecule has 0 saturated heterocycles. The van der Waals surface area contributed by atoms with Gasteiger partial charge in [-0.2, -0.15) is 5.10 Å². The van der Waals surface area contributed by atoms with Crippen molar-refractivity contribution in [3.8, 4) is 11.3 Å². The van der Waals surface area contributed by atoms with Gasteiger partial charge < -0.3 is 0 Å². The fraction of sp³-hybridized carbons (Fsp3) is 0.0833. The number of amides is 1. The maximum Gasteiger partial charge on any atom is 0.267 e. The number of benzene rings is 1. The number of carbonyl (C=O) groups is 1. The Hall–Kier alpha value is -1.99. The lowest BCUT2D eigenvalue weighted by Crippen LogP contribution is -2.37. The van der Waals surface area contributed by atoms with Crippen LogP contribution in [0.15, 0.2) is 45.7 Å². The van der Waals surface area contributed by atoms with Crippen molar-refractivity contribution < 1.29 is 4.79 Å². The molecule has 1 aromatic carbocycles. The molecule has 0 unspecified atom stereocenters. The SMILES string of the molecule is NNC(=O)Cn1nc(-c2ccc(Br)cc2)ccc1=O. The first kappa shape index (κ1) is 13.4. The highest BCUT2D eigenvalue weighted by Gasteiger charge is 2.06. The third-order valence-corrected chi connectivity index (χ3v) is 2.99. The zero-order valence-corrected chi connectivity index (χ0v) is 11.4. The molecule has 98 valence electrons. The highest BCUT2D eigenvalue weighted by Crippen LogP contribution is 2.18. The zero-order valence-electron chi connectivity index (χ0n) is 9.84. The number of hydrazine groups is 1. The Bertz CT molecular complexity index is 652. The van der Waals surface area contributed by atoms with Gasteiger partial charge in [-0.3, -0.25) is 15.0 Å². The predicted molar refractivity (Wildman–Crippen MR) is 74.0 cm³/mol. The van der Waals surface area contributed by atoms with Crippen LogP contribution in [0.2, 0.25) is 0 Å². The molecule has 1 heterocycles. The maximum atomic E-state index is 11.6. The van der Waals surface area contributed by atoms with E-state index < -0.39 is 5.91 Å². The number of carbonyl (C=O) groups excluding carboxylic acids is 1. The molecule has 0 spiro atoms.